The molecule has 0 saturated carbocycles. The van der Waals surface area contributed by atoms with Gasteiger partial charge in [-0.1, -0.05) is 110 Å². The predicted octanol–water partition coefficient (Wildman–Crippen LogP) is 7.92. The topological polar surface area (TPSA) is 18.5 Å². The van der Waals surface area contributed by atoms with E-state index in [2.05, 4.69) is 110 Å². The van der Waals surface area contributed by atoms with Gasteiger partial charge in [0.2, 0.25) is 0 Å². The summed E-state index contributed by atoms with van der Waals surface area (Å²) in [6, 6.07) is 42.6. The number of rotatable bonds is 8. The minimum atomic E-state index is -0.791. The number of aryl methyl sites for hydroxylation is 1. The highest BCUT2D eigenvalue weighted by atomic mass is 16.5. The highest BCUT2D eigenvalue weighted by Gasteiger charge is 2.38. The molecule has 5 rings (SSSR count). The molecule has 0 aliphatic heterocycles. The molecule has 0 heterocycles. The van der Waals surface area contributed by atoms with Crippen molar-refractivity contribution in [2.45, 2.75) is 25.6 Å². The zero-order chi connectivity index (χ0) is 24.1. The second-order valence-corrected chi connectivity index (χ2v) is 8.80. The molecule has 0 spiro atoms. The van der Waals surface area contributed by atoms with Gasteiger partial charge >= 0.3 is 0 Å². The van der Waals surface area contributed by atoms with Crippen molar-refractivity contribution in [1.29, 1.82) is 0 Å². The first-order valence-electron chi connectivity index (χ1n) is 12.1. The Kier molecular flexibility index (Phi) is 6.65. The van der Waals surface area contributed by atoms with Crippen LogP contribution in [0.1, 0.15) is 34.7 Å². The number of hydrogen-bond donors (Lipinski definition) is 0. The van der Waals surface area contributed by atoms with Crippen LogP contribution >= 0.6 is 0 Å². The first-order valence-corrected chi connectivity index (χ1v) is 12.1. The van der Waals surface area contributed by atoms with Gasteiger partial charge in [-0.3, -0.25) is 0 Å². The maximum atomic E-state index is 7.03. The lowest BCUT2D eigenvalue weighted by molar-refractivity contribution is 0.000301. The minimum absolute atomic E-state index is 0.484. The number of hydrogen-bond acceptors (Lipinski definition) is 2. The zero-order valence-corrected chi connectivity index (χ0v) is 20.3. The monoisotopic (exact) mass is 458 g/mol. The molecule has 35 heavy (non-hydrogen) atoms. The lowest BCUT2D eigenvalue weighted by atomic mass is 9.79. The first kappa shape index (κ1) is 22.9. The molecule has 0 aromatic heterocycles. The van der Waals surface area contributed by atoms with Crippen molar-refractivity contribution < 1.29 is 9.47 Å². The molecule has 0 aliphatic carbocycles. The minimum Gasteiger partial charge on any atom is -0.497 e. The summed E-state index contributed by atoms with van der Waals surface area (Å²) < 4.78 is 12.5. The highest BCUT2D eigenvalue weighted by Crippen LogP contribution is 2.42. The number of ether oxygens (including phenoxy) is 2. The van der Waals surface area contributed by atoms with Gasteiger partial charge in [-0.15, -0.1) is 0 Å². The van der Waals surface area contributed by atoms with Crippen LogP contribution in [0.15, 0.2) is 121 Å². The van der Waals surface area contributed by atoms with Gasteiger partial charge in [0, 0.05) is 0 Å². The number of benzene rings is 5. The average molecular weight is 459 g/mol. The molecule has 5 aromatic carbocycles. The number of methoxy groups -OCH3 is 1. The molecule has 0 fully saturated rings. The molecule has 1 unspecified atom stereocenters. The third kappa shape index (κ3) is 4.58. The van der Waals surface area contributed by atoms with Gasteiger partial charge in [-0.25, -0.2) is 0 Å². The van der Waals surface area contributed by atoms with E-state index in [1.54, 1.807) is 7.11 Å². The van der Waals surface area contributed by atoms with Gasteiger partial charge < -0.3 is 9.47 Å². The van der Waals surface area contributed by atoms with Gasteiger partial charge in [0.05, 0.1) is 13.7 Å². The van der Waals surface area contributed by atoms with E-state index in [4.69, 9.17) is 9.47 Å². The fraction of sp³-hybridized carbons (Fsp3) is 0.152. The lowest BCUT2D eigenvalue weighted by Gasteiger charge is -2.36. The van der Waals surface area contributed by atoms with E-state index in [1.807, 2.05) is 18.2 Å². The summed E-state index contributed by atoms with van der Waals surface area (Å²) in [4.78, 5) is 0. The maximum Gasteiger partial charge on any atom is 0.144 e. The molecule has 1 atom stereocenters. The quantitative estimate of drug-likeness (QED) is 0.220. The van der Waals surface area contributed by atoms with Crippen LogP contribution in [0.5, 0.6) is 5.75 Å². The van der Waals surface area contributed by atoms with Gasteiger partial charge in [-0.05, 0) is 63.2 Å². The summed E-state index contributed by atoms with van der Waals surface area (Å²) in [6.45, 7) is 2.66. The van der Waals surface area contributed by atoms with Crippen molar-refractivity contribution in [1.82, 2.24) is 0 Å². The van der Waals surface area contributed by atoms with Gasteiger partial charge in [0.15, 0.2) is 0 Å². The Bertz CT molecular complexity index is 1390. The van der Waals surface area contributed by atoms with Crippen LogP contribution in [-0.4, -0.2) is 7.11 Å². The molecule has 2 nitrogen and oxygen atoms in total. The highest BCUT2D eigenvalue weighted by molar-refractivity contribution is 5.83. The van der Waals surface area contributed by atoms with Crippen molar-refractivity contribution in [3.63, 3.8) is 0 Å². The summed E-state index contributed by atoms with van der Waals surface area (Å²) >= 11 is 0. The van der Waals surface area contributed by atoms with E-state index < -0.39 is 5.60 Å². The Morgan fingerprint density at radius 2 is 1.17 bits per heavy atom. The Labute approximate surface area is 207 Å². The second-order valence-electron chi connectivity index (χ2n) is 8.80. The fourth-order valence-corrected chi connectivity index (χ4v) is 4.72. The zero-order valence-electron chi connectivity index (χ0n) is 20.3. The van der Waals surface area contributed by atoms with Crippen LogP contribution < -0.4 is 4.74 Å². The van der Waals surface area contributed by atoms with Crippen LogP contribution in [0, 0.1) is 0 Å². The van der Waals surface area contributed by atoms with Crippen LogP contribution in [0.2, 0.25) is 0 Å². The van der Waals surface area contributed by atoms with Crippen molar-refractivity contribution in [2.24, 2.45) is 0 Å². The van der Waals surface area contributed by atoms with Crippen LogP contribution in [-0.2, 0) is 23.4 Å². The molecule has 174 valence electrons. The molecule has 0 bridgehead atoms. The van der Waals surface area contributed by atoms with Crippen LogP contribution in [0.3, 0.4) is 0 Å². The van der Waals surface area contributed by atoms with Gasteiger partial charge in [0.1, 0.15) is 11.4 Å². The molecule has 2 heteroatoms. The van der Waals surface area contributed by atoms with Crippen molar-refractivity contribution in [3.05, 3.63) is 149 Å². The molecule has 0 amide bonds. The summed E-state index contributed by atoms with van der Waals surface area (Å²) in [5, 5.41) is 2.40. The third-order valence-corrected chi connectivity index (χ3v) is 6.72. The molecule has 0 aliphatic rings. The summed E-state index contributed by atoms with van der Waals surface area (Å²) in [5.41, 5.74) is 4.93. The summed E-state index contributed by atoms with van der Waals surface area (Å²) in [6.07, 6.45) is 1.03. The SMILES string of the molecule is CCc1ccc(COC(c2ccccc2)(c2ccc(OC)cc2)c2ccc3ccccc3c2)cc1. The lowest BCUT2D eigenvalue weighted by Crippen LogP contribution is -2.32. The smallest absolute Gasteiger partial charge is 0.144 e. The second kappa shape index (κ2) is 10.2. The fourth-order valence-electron chi connectivity index (χ4n) is 4.72. The largest absolute Gasteiger partial charge is 0.497 e. The molecular weight excluding hydrogens is 428 g/mol. The van der Waals surface area contributed by atoms with E-state index in [1.165, 1.54) is 16.3 Å². The van der Waals surface area contributed by atoms with Crippen molar-refractivity contribution in [3.8, 4) is 5.75 Å². The van der Waals surface area contributed by atoms with Crippen molar-refractivity contribution >= 4 is 10.8 Å². The average Bonchev–Trinajstić information content (AvgIpc) is 2.94. The van der Waals surface area contributed by atoms with Crippen LogP contribution in [0.4, 0.5) is 0 Å². The van der Waals surface area contributed by atoms with E-state index in [0.29, 0.717) is 6.61 Å². The van der Waals surface area contributed by atoms with E-state index in [9.17, 15) is 0 Å². The van der Waals surface area contributed by atoms with Crippen LogP contribution in [0.25, 0.3) is 10.8 Å². The van der Waals surface area contributed by atoms with Crippen molar-refractivity contribution in [2.75, 3.05) is 7.11 Å². The normalized spacial score (nSPS) is 12.9. The summed E-state index contributed by atoms with van der Waals surface area (Å²) in [7, 11) is 1.69. The molecule has 0 saturated heterocycles. The van der Waals surface area contributed by atoms with Gasteiger partial charge in [-0.2, -0.15) is 0 Å². The Morgan fingerprint density at radius 1 is 0.571 bits per heavy atom. The van der Waals surface area contributed by atoms with Gasteiger partial charge in [0.25, 0.3) is 0 Å². The molecular formula is C33H30O2. The maximum absolute atomic E-state index is 7.03. The first-order chi connectivity index (χ1) is 17.2. The van der Waals surface area contributed by atoms with E-state index >= 15 is 0 Å². The molecule has 5 aromatic rings. The molecule has 0 N–H and O–H groups in total. The molecule has 0 radical (unpaired) electrons. The standard InChI is InChI=1S/C33H30O2/c1-3-25-13-15-26(16-14-25)24-35-33(29-11-5-4-6-12-29,30-19-21-32(34-2)22-20-30)31-18-17-27-9-7-8-10-28(27)23-31/h4-23H,3,24H2,1-2H3. The predicted molar refractivity (Wildman–Crippen MR) is 144 cm³/mol. The Balaban J connectivity index is 1.70. The number of fused-ring (bicyclic) bond motifs is 1. The Morgan fingerprint density at radius 3 is 1.86 bits per heavy atom. The third-order valence-electron chi connectivity index (χ3n) is 6.72. The Hall–Kier alpha value is -3.88. The van der Waals surface area contributed by atoms with E-state index in [0.717, 1.165) is 34.4 Å². The summed E-state index contributed by atoms with van der Waals surface area (Å²) in [5.74, 6) is 0.823. The van der Waals surface area contributed by atoms with E-state index in [-0.39, 0.29) is 0 Å².